The Hall–Kier alpha value is -0.690. The zero-order chi connectivity index (χ0) is 8.27. The number of anilines is 1. The second-order valence-corrected chi connectivity index (χ2v) is 2.74. The van der Waals surface area contributed by atoms with Gasteiger partial charge in [0.25, 0.3) is 0 Å². The van der Waals surface area contributed by atoms with Crippen LogP contribution in [0, 0.1) is 0 Å². The fourth-order valence-electron chi connectivity index (χ4n) is 1.19. The van der Waals surface area contributed by atoms with Gasteiger partial charge in [-0.05, 0) is 30.0 Å². The largest absolute Gasteiger partial charge is 0.398 e. The van der Waals surface area contributed by atoms with E-state index >= 15 is 0 Å². The Bertz CT molecular complexity index is 246. The molecule has 0 saturated heterocycles. The van der Waals surface area contributed by atoms with E-state index in [9.17, 15) is 0 Å². The maximum atomic E-state index is 5.81. The molecule has 0 atom stereocenters. The van der Waals surface area contributed by atoms with Crippen molar-refractivity contribution in [3.8, 4) is 0 Å². The van der Waals surface area contributed by atoms with Crippen molar-refractivity contribution in [2.24, 2.45) is 0 Å². The molecule has 0 fully saturated rings. The van der Waals surface area contributed by atoms with Gasteiger partial charge in [-0.1, -0.05) is 26.0 Å². The van der Waals surface area contributed by atoms with Crippen LogP contribution in [0.3, 0.4) is 0 Å². The van der Waals surface area contributed by atoms with Crippen molar-refractivity contribution in [1.29, 1.82) is 0 Å². The monoisotopic (exact) mass is 185 g/mol. The topological polar surface area (TPSA) is 26.0 Å². The summed E-state index contributed by atoms with van der Waals surface area (Å²) in [6.45, 7) is 4.26. The molecule has 0 aromatic heterocycles. The summed E-state index contributed by atoms with van der Waals surface area (Å²) in [5, 5.41) is 0. The standard InChI is InChI=1S/C10H15N.ClH/c1-3-8-5-6-9(4-2)10(11)7-8;/h5-7H,3-4,11H2,1-2H3;1H. The van der Waals surface area contributed by atoms with Gasteiger partial charge in [-0.3, -0.25) is 0 Å². The van der Waals surface area contributed by atoms with Gasteiger partial charge in [0.05, 0.1) is 0 Å². The van der Waals surface area contributed by atoms with E-state index in [2.05, 4.69) is 32.0 Å². The molecule has 2 heteroatoms. The summed E-state index contributed by atoms with van der Waals surface area (Å²) in [5.41, 5.74) is 9.32. The predicted molar refractivity (Wildman–Crippen MR) is 56.9 cm³/mol. The first kappa shape index (κ1) is 11.3. The third kappa shape index (κ3) is 2.42. The van der Waals surface area contributed by atoms with Gasteiger partial charge in [-0.15, -0.1) is 12.4 Å². The van der Waals surface area contributed by atoms with Gasteiger partial charge in [-0.2, -0.15) is 0 Å². The van der Waals surface area contributed by atoms with Crippen LogP contribution in [0.15, 0.2) is 18.2 Å². The van der Waals surface area contributed by atoms with Crippen molar-refractivity contribution in [3.05, 3.63) is 29.3 Å². The first-order valence-corrected chi connectivity index (χ1v) is 4.15. The molecule has 0 amide bonds. The normalized spacial score (nSPS) is 9.17. The maximum Gasteiger partial charge on any atom is 0.0349 e. The SMILES string of the molecule is CCc1ccc(CC)c(N)c1.Cl. The van der Waals surface area contributed by atoms with Crippen LogP contribution in [0.5, 0.6) is 0 Å². The average molecular weight is 186 g/mol. The van der Waals surface area contributed by atoms with E-state index in [1.54, 1.807) is 0 Å². The molecule has 1 aromatic carbocycles. The summed E-state index contributed by atoms with van der Waals surface area (Å²) >= 11 is 0. The summed E-state index contributed by atoms with van der Waals surface area (Å²) in [6.07, 6.45) is 2.09. The third-order valence-electron chi connectivity index (χ3n) is 2.00. The van der Waals surface area contributed by atoms with E-state index in [1.807, 2.05) is 0 Å². The van der Waals surface area contributed by atoms with E-state index in [0.717, 1.165) is 18.5 Å². The summed E-state index contributed by atoms with van der Waals surface area (Å²) < 4.78 is 0. The van der Waals surface area contributed by atoms with Crippen LogP contribution >= 0.6 is 12.4 Å². The van der Waals surface area contributed by atoms with E-state index in [-0.39, 0.29) is 12.4 Å². The fourth-order valence-corrected chi connectivity index (χ4v) is 1.19. The van der Waals surface area contributed by atoms with Crippen LogP contribution in [0.25, 0.3) is 0 Å². The van der Waals surface area contributed by atoms with Gasteiger partial charge in [0.1, 0.15) is 0 Å². The van der Waals surface area contributed by atoms with E-state index in [1.165, 1.54) is 11.1 Å². The molecule has 0 heterocycles. The Morgan fingerprint density at radius 3 is 2.25 bits per heavy atom. The van der Waals surface area contributed by atoms with Crippen LogP contribution in [-0.4, -0.2) is 0 Å². The van der Waals surface area contributed by atoms with Crippen molar-refractivity contribution in [2.75, 3.05) is 5.73 Å². The summed E-state index contributed by atoms with van der Waals surface area (Å²) in [7, 11) is 0. The number of benzene rings is 1. The van der Waals surface area contributed by atoms with Crippen LogP contribution in [0.1, 0.15) is 25.0 Å². The van der Waals surface area contributed by atoms with Gasteiger partial charge in [-0.25, -0.2) is 0 Å². The zero-order valence-corrected chi connectivity index (χ0v) is 8.45. The lowest BCUT2D eigenvalue weighted by atomic mass is 10.1. The van der Waals surface area contributed by atoms with E-state index < -0.39 is 0 Å². The van der Waals surface area contributed by atoms with Crippen LogP contribution in [0.2, 0.25) is 0 Å². The molecule has 12 heavy (non-hydrogen) atoms. The number of rotatable bonds is 2. The lowest BCUT2D eigenvalue weighted by molar-refractivity contribution is 1.10. The predicted octanol–water partition coefficient (Wildman–Crippen LogP) is 2.82. The molecule has 1 nitrogen and oxygen atoms in total. The molecular formula is C10H16ClN. The van der Waals surface area contributed by atoms with Crippen molar-refractivity contribution < 1.29 is 0 Å². The molecule has 0 aliphatic heterocycles. The van der Waals surface area contributed by atoms with Crippen molar-refractivity contribution in [3.63, 3.8) is 0 Å². The number of hydrogen-bond donors (Lipinski definition) is 1. The van der Waals surface area contributed by atoms with E-state index in [4.69, 9.17) is 5.73 Å². The quantitative estimate of drug-likeness (QED) is 0.705. The Balaban J connectivity index is 0.00000121. The summed E-state index contributed by atoms with van der Waals surface area (Å²) in [5.74, 6) is 0. The molecule has 1 rings (SSSR count). The molecule has 0 spiro atoms. The highest BCUT2D eigenvalue weighted by Gasteiger charge is 1.96. The Labute approximate surface area is 80.4 Å². The number of nitrogens with two attached hydrogens (primary N) is 1. The molecule has 0 unspecified atom stereocenters. The zero-order valence-electron chi connectivity index (χ0n) is 7.63. The first-order chi connectivity index (χ1) is 5.27. The Morgan fingerprint density at radius 2 is 1.83 bits per heavy atom. The Kier molecular flexibility index (Phi) is 4.75. The summed E-state index contributed by atoms with van der Waals surface area (Å²) in [4.78, 5) is 0. The highest BCUT2D eigenvalue weighted by Crippen LogP contribution is 2.14. The number of aryl methyl sites for hydroxylation is 2. The molecule has 0 bridgehead atoms. The molecule has 0 saturated carbocycles. The molecule has 2 N–H and O–H groups in total. The van der Waals surface area contributed by atoms with Crippen molar-refractivity contribution in [2.45, 2.75) is 26.7 Å². The smallest absolute Gasteiger partial charge is 0.0349 e. The maximum absolute atomic E-state index is 5.81. The molecule has 68 valence electrons. The van der Waals surface area contributed by atoms with Gasteiger partial charge >= 0.3 is 0 Å². The van der Waals surface area contributed by atoms with Crippen molar-refractivity contribution in [1.82, 2.24) is 0 Å². The molecular weight excluding hydrogens is 170 g/mol. The number of hydrogen-bond acceptors (Lipinski definition) is 1. The van der Waals surface area contributed by atoms with Crippen LogP contribution < -0.4 is 5.73 Å². The van der Waals surface area contributed by atoms with Gasteiger partial charge in [0.2, 0.25) is 0 Å². The van der Waals surface area contributed by atoms with E-state index in [0.29, 0.717) is 0 Å². The van der Waals surface area contributed by atoms with Crippen molar-refractivity contribution >= 4 is 18.1 Å². The van der Waals surface area contributed by atoms with Gasteiger partial charge in [0.15, 0.2) is 0 Å². The van der Waals surface area contributed by atoms with Crippen LogP contribution in [-0.2, 0) is 12.8 Å². The number of nitrogen functional groups attached to an aromatic ring is 1. The lowest BCUT2D eigenvalue weighted by Crippen LogP contribution is -1.93. The number of halogens is 1. The fraction of sp³-hybridized carbons (Fsp3) is 0.400. The third-order valence-corrected chi connectivity index (χ3v) is 2.00. The lowest BCUT2D eigenvalue weighted by Gasteiger charge is -2.03. The molecule has 0 aliphatic carbocycles. The molecule has 1 aromatic rings. The highest BCUT2D eigenvalue weighted by atomic mass is 35.5. The first-order valence-electron chi connectivity index (χ1n) is 4.15. The molecule has 0 radical (unpaired) electrons. The Morgan fingerprint density at radius 1 is 1.17 bits per heavy atom. The van der Waals surface area contributed by atoms with Crippen LogP contribution in [0.4, 0.5) is 5.69 Å². The average Bonchev–Trinajstić information content (AvgIpc) is 2.04. The minimum absolute atomic E-state index is 0. The van der Waals surface area contributed by atoms with Gasteiger partial charge in [0, 0.05) is 5.69 Å². The minimum atomic E-state index is 0. The highest BCUT2D eigenvalue weighted by molar-refractivity contribution is 5.85. The second kappa shape index (κ2) is 5.04. The molecule has 0 aliphatic rings. The minimum Gasteiger partial charge on any atom is -0.398 e. The summed E-state index contributed by atoms with van der Waals surface area (Å²) in [6, 6.07) is 6.34. The van der Waals surface area contributed by atoms with Gasteiger partial charge < -0.3 is 5.73 Å². The second-order valence-electron chi connectivity index (χ2n) is 2.74.